The number of para-hydroxylation sites is 1. The first-order valence-corrected chi connectivity index (χ1v) is 13.2. The SMILES string of the molecule is Cc1ccsc1C(=O)Nc1cc(C(=O)NCCN2CCOCC2)ccc1/C=C/c1n[nH]c2ccccc12. The quantitative estimate of drug-likeness (QED) is 0.323. The minimum absolute atomic E-state index is 0.176. The average molecular weight is 516 g/mol. The van der Waals surface area contributed by atoms with Crippen LogP contribution in [-0.2, 0) is 4.74 Å². The Morgan fingerprint density at radius 2 is 1.95 bits per heavy atom. The summed E-state index contributed by atoms with van der Waals surface area (Å²) in [4.78, 5) is 28.9. The number of hydrogen-bond donors (Lipinski definition) is 3. The Hall–Kier alpha value is -3.79. The number of carbonyl (C=O) groups is 2. The van der Waals surface area contributed by atoms with Crippen LogP contribution in [0.25, 0.3) is 23.1 Å². The van der Waals surface area contributed by atoms with Crippen LogP contribution in [0.3, 0.4) is 0 Å². The number of amides is 2. The first-order valence-electron chi connectivity index (χ1n) is 12.3. The molecule has 4 aromatic rings. The Kier molecular flexibility index (Phi) is 7.74. The minimum atomic E-state index is -0.197. The first kappa shape index (κ1) is 24.9. The van der Waals surface area contributed by atoms with E-state index in [1.54, 1.807) is 12.1 Å². The molecule has 1 aliphatic heterocycles. The predicted octanol–water partition coefficient (Wildman–Crippen LogP) is 4.42. The number of anilines is 1. The first-order chi connectivity index (χ1) is 18.1. The summed E-state index contributed by atoms with van der Waals surface area (Å²) >= 11 is 1.39. The largest absolute Gasteiger partial charge is 0.379 e. The second-order valence-corrected chi connectivity index (χ2v) is 9.80. The number of H-pyrrole nitrogens is 1. The smallest absolute Gasteiger partial charge is 0.266 e. The number of nitrogens with zero attached hydrogens (tertiary/aromatic N) is 2. The van der Waals surface area contributed by atoms with E-state index in [2.05, 4.69) is 25.7 Å². The number of thiophene rings is 1. The van der Waals surface area contributed by atoms with E-state index in [1.807, 2.05) is 60.9 Å². The molecule has 9 heteroatoms. The summed E-state index contributed by atoms with van der Waals surface area (Å²) < 4.78 is 5.38. The summed E-state index contributed by atoms with van der Waals surface area (Å²) in [6.45, 7) is 6.43. The van der Waals surface area contributed by atoms with E-state index in [1.165, 1.54) is 11.3 Å². The molecule has 0 unspecified atom stereocenters. The molecule has 5 rings (SSSR count). The topological polar surface area (TPSA) is 99.3 Å². The lowest BCUT2D eigenvalue weighted by molar-refractivity contribution is 0.0383. The number of rotatable bonds is 8. The van der Waals surface area contributed by atoms with Gasteiger partial charge in [-0.1, -0.05) is 30.3 Å². The zero-order valence-corrected chi connectivity index (χ0v) is 21.4. The number of morpholine rings is 1. The number of nitrogens with one attached hydrogen (secondary N) is 3. The standard InChI is InChI=1S/C28H29N5O3S/c1-19-10-17-37-26(19)28(35)30-25-18-21(27(34)29-11-12-33-13-15-36-16-14-33)7-6-20(25)8-9-24-22-4-2-3-5-23(22)31-32-24/h2-10,17-18H,11-16H2,1H3,(H,29,34)(H,30,35)(H,31,32)/b9-8+. The van der Waals surface area contributed by atoms with Crippen molar-refractivity contribution >= 4 is 51.9 Å². The van der Waals surface area contributed by atoms with Crippen molar-refractivity contribution in [1.29, 1.82) is 0 Å². The van der Waals surface area contributed by atoms with Crippen LogP contribution in [0.4, 0.5) is 5.69 Å². The second-order valence-electron chi connectivity index (χ2n) is 8.89. The maximum atomic E-state index is 13.0. The molecule has 1 aliphatic rings. The summed E-state index contributed by atoms with van der Waals surface area (Å²) in [5, 5.41) is 16.3. The molecule has 0 aliphatic carbocycles. The normalized spacial score (nSPS) is 14.3. The van der Waals surface area contributed by atoms with E-state index in [-0.39, 0.29) is 11.8 Å². The lowest BCUT2D eigenvalue weighted by Crippen LogP contribution is -2.41. The minimum Gasteiger partial charge on any atom is -0.379 e. The number of benzene rings is 2. The molecule has 2 aromatic carbocycles. The molecular formula is C28H29N5O3S. The van der Waals surface area contributed by atoms with Gasteiger partial charge in [0.25, 0.3) is 11.8 Å². The molecule has 3 N–H and O–H groups in total. The fraction of sp³-hybridized carbons (Fsp3) is 0.250. The van der Waals surface area contributed by atoms with Gasteiger partial charge in [0.1, 0.15) is 0 Å². The van der Waals surface area contributed by atoms with E-state index >= 15 is 0 Å². The zero-order chi connectivity index (χ0) is 25.6. The third kappa shape index (κ3) is 5.96. The summed E-state index contributed by atoms with van der Waals surface area (Å²) in [6.07, 6.45) is 3.81. The van der Waals surface area contributed by atoms with Crippen molar-refractivity contribution in [1.82, 2.24) is 20.4 Å². The van der Waals surface area contributed by atoms with E-state index in [4.69, 9.17) is 4.74 Å². The molecule has 2 aromatic heterocycles. The number of carbonyl (C=O) groups excluding carboxylic acids is 2. The van der Waals surface area contributed by atoms with Gasteiger partial charge in [-0.25, -0.2) is 0 Å². The Morgan fingerprint density at radius 3 is 2.76 bits per heavy atom. The summed E-state index contributed by atoms with van der Waals surface area (Å²) in [6, 6.07) is 15.2. The Balaban J connectivity index is 1.36. The number of aryl methyl sites for hydroxylation is 1. The van der Waals surface area contributed by atoms with Gasteiger partial charge < -0.3 is 15.4 Å². The number of ether oxygens (including phenoxy) is 1. The Morgan fingerprint density at radius 1 is 1.11 bits per heavy atom. The molecular weight excluding hydrogens is 486 g/mol. The molecule has 1 fully saturated rings. The van der Waals surface area contributed by atoms with Crippen LogP contribution in [0.5, 0.6) is 0 Å². The fourth-order valence-electron chi connectivity index (χ4n) is 4.27. The molecule has 0 saturated carbocycles. The van der Waals surface area contributed by atoms with Gasteiger partial charge >= 0.3 is 0 Å². The monoisotopic (exact) mass is 515 g/mol. The van der Waals surface area contributed by atoms with Crippen LogP contribution in [0.1, 0.15) is 36.9 Å². The summed E-state index contributed by atoms with van der Waals surface area (Å²) in [7, 11) is 0. The molecule has 2 amide bonds. The van der Waals surface area contributed by atoms with Crippen molar-refractivity contribution in [3.63, 3.8) is 0 Å². The van der Waals surface area contributed by atoms with Crippen LogP contribution in [0.2, 0.25) is 0 Å². The van der Waals surface area contributed by atoms with E-state index < -0.39 is 0 Å². The van der Waals surface area contributed by atoms with E-state index in [0.717, 1.165) is 60.6 Å². The third-order valence-corrected chi connectivity index (χ3v) is 7.39. The molecule has 37 heavy (non-hydrogen) atoms. The van der Waals surface area contributed by atoms with Gasteiger partial charge in [0, 0.05) is 42.8 Å². The Bertz CT molecular complexity index is 1430. The average Bonchev–Trinajstić information content (AvgIpc) is 3.54. The Labute approximate surface area is 219 Å². The van der Waals surface area contributed by atoms with Gasteiger partial charge in [0.2, 0.25) is 0 Å². The van der Waals surface area contributed by atoms with Gasteiger partial charge in [-0.15, -0.1) is 11.3 Å². The highest BCUT2D eigenvalue weighted by atomic mass is 32.1. The van der Waals surface area contributed by atoms with Crippen molar-refractivity contribution in [3.05, 3.63) is 81.2 Å². The van der Waals surface area contributed by atoms with Gasteiger partial charge in [0.05, 0.1) is 29.3 Å². The van der Waals surface area contributed by atoms with Crippen molar-refractivity contribution in [2.45, 2.75) is 6.92 Å². The van der Waals surface area contributed by atoms with Crippen LogP contribution >= 0.6 is 11.3 Å². The zero-order valence-electron chi connectivity index (χ0n) is 20.6. The van der Waals surface area contributed by atoms with Crippen LogP contribution in [-0.4, -0.2) is 66.3 Å². The number of aromatic amines is 1. The third-order valence-electron chi connectivity index (χ3n) is 6.37. The van der Waals surface area contributed by atoms with Crippen LogP contribution < -0.4 is 10.6 Å². The number of aromatic nitrogens is 2. The van der Waals surface area contributed by atoms with E-state index in [9.17, 15) is 9.59 Å². The molecule has 0 spiro atoms. The highest BCUT2D eigenvalue weighted by Crippen LogP contribution is 2.25. The molecule has 190 valence electrons. The molecule has 1 saturated heterocycles. The maximum Gasteiger partial charge on any atom is 0.266 e. The fourth-order valence-corrected chi connectivity index (χ4v) is 5.09. The van der Waals surface area contributed by atoms with Crippen LogP contribution in [0.15, 0.2) is 53.9 Å². The van der Waals surface area contributed by atoms with Crippen molar-refractivity contribution < 1.29 is 14.3 Å². The van der Waals surface area contributed by atoms with Gasteiger partial charge in [-0.2, -0.15) is 5.10 Å². The van der Waals surface area contributed by atoms with Gasteiger partial charge in [0.15, 0.2) is 0 Å². The number of fused-ring (bicyclic) bond motifs is 1. The maximum absolute atomic E-state index is 13.0. The molecule has 0 bridgehead atoms. The summed E-state index contributed by atoms with van der Waals surface area (Å²) in [5.41, 5.74) is 4.50. The van der Waals surface area contributed by atoms with E-state index in [0.29, 0.717) is 22.7 Å². The predicted molar refractivity (Wildman–Crippen MR) is 148 cm³/mol. The van der Waals surface area contributed by atoms with Crippen molar-refractivity contribution in [2.75, 3.05) is 44.7 Å². The second kappa shape index (κ2) is 11.5. The highest BCUT2D eigenvalue weighted by molar-refractivity contribution is 7.12. The number of hydrogen-bond acceptors (Lipinski definition) is 6. The molecule has 8 nitrogen and oxygen atoms in total. The lowest BCUT2D eigenvalue weighted by Gasteiger charge is -2.26. The van der Waals surface area contributed by atoms with Crippen molar-refractivity contribution in [3.8, 4) is 0 Å². The van der Waals surface area contributed by atoms with Gasteiger partial charge in [-0.05, 0) is 53.8 Å². The highest BCUT2D eigenvalue weighted by Gasteiger charge is 2.16. The van der Waals surface area contributed by atoms with Crippen molar-refractivity contribution in [2.24, 2.45) is 0 Å². The molecule has 0 radical (unpaired) electrons. The van der Waals surface area contributed by atoms with Crippen LogP contribution in [0, 0.1) is 6.92 Å². The summed E-state index contributed by atoms with van der Waals surface area (Å²) in [5.74, 6) is -0.373. The lowest BCUT2D eigenvalue weighted by atomic mass is 10.1. The molecule has 3 heterocycles. The van der Waals surface area contributed by atoms with Gasteiger partial charge in [-0.3, -0.25) is 19.6 Å². The molecule has 0 atom stereocenters.